The fraction of sp³-hybridized carbons (Fsp3) is 0. The number of hydrogen-bond donors (Lipinski definition) is 0. The minimum Gasteiger partial charge on any atom is -0.455 e. The topological polar surface area (TPSA) is 39.2 Å². The Morgan fingerprint density at radius 2 is 2.12 bits per heavy atom. The van der Waals surface area contributed by atoms with Gasteiger partial charge in [-0.25, -0.2) is 4.39 Å². The fourth-order valence-corrected chi connectivity index (χ4v) is 1.62. The first kappa shape index (κ1) is 11.7. The van der Waals surface area contributed by atoms with E-state index in [-0.39, 0.29) is 5.56 Å². The lowest BCUT2D eigenvalue weighted by Gasteiger charge is -2.07. The van der Waals surface area contributed by atoms with E-state index < -0.39 is 5.82 Å². The second kappa shape index (κ2) is 5.05. The molecule has 0 atom stereocenters. The van der Waals surface area contributed by atoms with Gasteiger partial charge in [0.25, 0.3) is 0 Å². The molecule has 0 unspecified atom stereocenters. The van der Waals surface area contributed by atoms with Crippen molar-refractivity contribution in [3.63, 3.8) is 0 Å². The second-order valence-electron chi connectivity index (χ2n) is 3.24. The number of hydrogen-bond acceptors (Lipinski definition) is 3. The van der Waals surface area contributed by atoms with E-state index in [1.807, 2.05) is 0 Å². The summed E-state index contributed by atoms with van der Waals surface area (Å²) in [6.07, 6.45) is 3.66. The zero-order chi connectivity index (χ0) is 12.3. The summed E-state index contributed by atoms with van der Waals surface area (Å²) in [5, 5.41) is 0. The van der Waals surface area contributed by atoms with Crippen LogP contribution in [0.5, 0.6) is 11.5 Å². The molecule has 1 heterocycles. The molecular weight excluding hydrogens is 289 g/mol. The monoisotopic (exact) mass is 295 g/mol. The molecule has 0 fully saturated rings. The maximum atomic E-state index is 12.9. The Morgan fingerprint density at radius 1 is 1.29 bits per heavy atom. The van der Waals surface area contributed by atoms with E-state index in [0.717, 1.165) is 10.5 Å². The molecule has 0 saturated carbocycles. The van der Waals surface area contributed by atoms with Crippen molar-refractivity contribution in [2.24, 2.45) is 0 Å². The van der Waals surface area contributed by atoms with Gasteiger partial charge in [0.1, 0.15) is 17.3 Å². The molecule has 0 bridgehead atoms. The van der Waals surface area contributed by atoms with E-state index >= 15 is 0 Å². The normalized spacial score (nSPS) is 10.0. The van der Waals surface area contributed by atoms with Crippen LogP contribution in [0, 0.1) is 5.82 Å². The molecule has 2 aromatic rings. The predicted molar refractivity (Wildman–Crippen MR) is 63.8 cm³/mol. The Labute approximate surface area is 105 Å². The number of halogens is 2. The third kappa shape index (κ3) is 2.88. The summed E-state index contributed by atoms with van der Waals surface area (Å²) in [6, 6.07) is 5.45. The molecule has 0 saturated heterocycles. The van der Waals surface area contributed by atoms with Crippen LogP contribution in [0.3, 0.4) is 0 Å². The maximum absolute atomic E-state index is 12.9. The quantitative estimate of drug-likeness (QED) is 0.813. The Morgan fingerprint density at radius 3 is 2.82 bits per heavy atom. The van der Waals surface area contributed by atoms with Crippen LogP contribution in [0.2, 0.25) is 0 Å². The number of carbonyl (C=O) groups is 1. The van der Waals surface area contributed by atoms with Crippen molar-refractivity contribution in [3.05, 3.63) is 52.5 Å². The van der Waals surface area contributed by atoms with E-state index in [0.29, 0.717) is 17.8 Å². The molecule has 0 radical (unpaired) electrons. The molecule has 5 heteroatoms. The molecule has 1 aromatic carbocycles. The summed E-state index contributed by atoms with van der Waals surface area (Å²) in [5.74, 6) is 0.280. The first-order valence-corrected chi connectivity index (χ1v) is 5.51. The van der Waals surface area contributed by atoms with Crippen molar-refractivity contribution in [1.82, 2.24) is 4.98 Å². The van der Waals surface area contributed by atoms with Crippen LogP contribution in [0.4, 0.5) is 4.39 Å². The summed E-state index contributed by atoms with van der Waals surface area (Å²) >= 11 is 3.25. The van der Waals surface area contributed by atoms with Crippen LogP contribution in [0.1, 0.15) is 10.4 Å². The number of aldehydes is 1. The molecule has 0 aliphatic rings. The molecule has 3 nitrogen and oxygen atoms in total. The molecule has 0 N–H and O–H groups in total. The van der Waals surface area contributed by atoms with Crippen molar-refractivity contribution >= 4 is 22.2 Å². The SMILES string of the molecule is O=Cc1cc(F)ccc1Oc1cncc(Br)c1. The fourth-order valence-electron chi connectivity index (χ4n) is 1.28. The highest BCUT2D eigenvalue weighted by atomic mass is 79.9. The number of nitrogens with zero attached hydrogens (tertiary/aromatic N) is 1. The van der Waals surface area contributed by atoms with Gasteiger partial charge in [-0.15, -0.1) is 0 Å². The molecule has 17 heavy (non-hydrogen) atoms. The molecule has 0 aliphatic heterocycles. The minimum absolute atomic E-state index is 0.157. The van der Waals surface area contributed by atoms with Gasteiger partial charge in [0.05, 0.1) is 11.8 Å². The smallest absolute Gasteiger partial charge is 0.153 e. The first-order chi connectivity index (χ1) is 8.19. The molecular formula is C12H7BrFNO2. The van der Waals surface area contributed by atoms with Gasteiger partial charge < -0.3 is 4.74 Å². The first-order valence-electron chi connectivity index (χ1n) is 4.72. The van der Waals surface area contributed by atoms with Gasteiger partial charge >= 0.3 is 0 Å². The molecule has 0 aliphatic carbocycles. The number of pyridine rings is 1. The van der Waals surface area contributed by atoms with Crippen LogP contribution in [0.15, 0.2) is 41.1 Å². The van der Waals surface area contributed by atoms with Gasteiger partial charge in [-0.2, -0.15) is 0 Å². The van der Waals surface area contributed by atoms with Crippen molar-refractivity contribution in [3.8, 4) is 11.5 Å². The lowest BCUT2D eigenvalue weighted by molar-refractivity contribution is 0.112. The van der Waals surface area contributed by atoms with Crippen LogP contribution < -0.4 is 4.74 Å². The summed E-state index contributed by atoms with van der Waals surface area (Å²) < 4.78 is 19.1. The van der Waals surface area contributed by atoms with Crippen molar-refractivity contribution in [2.75, 3.05) is 0 Å². The minimum atomic E-state index is -0.480. The van der Waals surface area contributed by atoms with Crippen LogP contribution in [-0.2, 0) is 0 Å². The van der Waals surface area contributed by atoms with Gasteiger partial charge in [0.2, 0.25) is 0 Å². The second-order valence-corrected chi connectivity index (χ2v) is 4.16. The van der Waals surface area contributed by atoms with Gasteiger partial charge in [-0.1, -0.05) is 0 Å². The highest BCUT2D eigenvalue weighted by Gasteiger charge is 2.06. The average molecular weight is 296 g/mol. The Balaban J connectivity index is 2.32. The summed E-state index contributed by atoms with van der Waals surface area (Å²) in [4.78, 5) is 14.7. The van der Waals surface area contributed by atoms with Gasteiger partial charge in [0.15, 0.2) is 6.29 Å². The van der Waals surface area contributed by atoms with Gasteiger partial charge in [-0.3, -0.25) is 9.78 Å². The predicted octanol–water partition coefficient (Wildman–Crippen LogP) is 3.59. The lowest BCUT2D eigenvalue weighted by Crippen LogP contribution is -1.92. The maximum Gasteiger partial charge on any atom is 0.153 e. The van der Waals surface area contributed by atoms with Gasteiger partial charge in [0, 0.05) is 10.7 Å². The highest BCUT2D eigenvalue weighted by molar-refractivity contribution is 9.10. The van der Waals surface area contributed by atoms with E-state index in [1.54, 1.807) is 12.3 Å². The summed E-state index contributed by atoms with van der Waals surface area (Å²) in [6.45, 7) is 0. The zero-order valence-electron chi connectivity index (χ0n) is 8.56. The van der Waals surface area contributed by atoms with Crippen molar-refractivity contribution in [2.45, 2.75) is 0 Å². The average Bonchev–Trinajstić information content (AvgIpc) is 2.31. The number of ether oxygens (including phenoxy) is 1. The molecule has 86 valence electrons. The lowest BCUT2D eigenvalue weighted by atomic mass is 10.2. The third-order valence-corrected chi connectivity index (χ3v) is 2.44. The number of rotatable bonds is 3. The molecule has 0 spiro atoms. The van der Waals surface area contributed by atoms with Crippen molar-refractivity contribution < 1.29 is 13.9 Å². The van der Waals surface area contributed by atoms with E-state index in [4.69, 9.17) is 4.74 Å². The Bertz CT molecular complexity index is 560. The zero-order valence-corrected chi connectivity index (χ0v) is 10.1. The molecule has 0 amide bonds. The number of benzene rings is 1. The Hall–Kier alpha value is -1.75. The number of carbonyl (C=O) groups excluding carboxylic acids is 1. The van der Waals surface area contributed by atoms with E-state index in [9.17, 15) is 9.18 Å². The van der Waals surface area contributed by atoms with Gasteiger partial charge in [-0.05, 0) is 40.2 Å². The van der Waals surface area contributed by atoms with Crippen molar-refractivity contribution in [1.29, 1.82) is 0 Å². The largest absolute Gasteiger partial charge is 0.455 e. The summed E-state index contributed by atoms with van der Waals surface area (Å²) in [5.41, 5.74) is 0.157. The highest BCUT2D eigenvalue weighted by Crippen LogP contribution is 2.26. The van der Waals surface area contributed by atoms with Crippen LogP contribution >= 0.6 is 15.9 Å². The standard InChI is InChI=1S/C12H7BrFNO2/c13-9-4-11(6-15-5-9)17-12-2-1-10(14)3-8(12)7-16/h1-7H. The van der Waals surface area contributed by atoms with E-state index in [2.05, 4.69) is 20.9 Å². The third-order valence-electron chi connectivity index (χ3n) is 2.01. The summed E-state index contributed by atoms with van der Waals surface area (Å²) in [7, 11) is 0. The number of aromatic nitrogens is 1. The van der Waals surface area contributed by atoms with Crippen LogP contribution in [0.25, 0.3) is 0 Å². The molecule has 1 aromatic heterocycles. The van der Waals surface area contributed by atoms with E-state index in [1.165, 1.54) is 18.3 Å². The molecule has 2 rings (SSSR count). The Kier molecular flexibility index (Phi) is 3.49. The van der Waals surface area contributed by atoms with Crippen LogP contribution in [-0.4, -0.2) is 11.3 Å².